The number of nitrogens with zero attached hydrogens (tertiary/aromatic N) is 3. The van der Waals surface area contributed by atoms with Crippen molar-refractivity contribution in [2.24, 2.45) is 7.05 Å². The van der Waals surface area contributed by atoms with Crippen molar-refractivity contribution in [2.45, 2.75) is 11.8 Å². The number of ether oxygens (including phenoxy) is 2. The minimum Gasteiger partial charge on any atom is -0.497 e. The van der Waals surface area contributed by atoms with Gasteiger partial charge in [-0.3, -0.25) is 4.79 Å². The highest BCUT2D eigenvalue weighted by Crippen LogP contribution is 2.29. The number of carbonyl (C=O) groups excluding carboxylic acids is 1. The maximum Gasteiger partial charge on any atom is 0.234 e. The molecule has 0 radical (unpaired) electrons. The number of rotatable bonds is 8. The molecule has 0 unspecified atom stereocenters. The van der Waals surface area contributed by atoms with E-state index >= 15 is 0 Å². The molecule has 10 heteroatoms. The van der Waals surface area contributed by atoms with Gasteiger partial charge >= 0.3 is 0 Å². The first-order chi connectivity index (χ1) is 14.0. The Labute approximate surface area is 182 Å². The summed E-state index contributed by atoms with van der Waals surface area (Å²) in [5.41, 5.74) is 0.469. The van der Waals surface area contributed by atoms with Gasteiger partial charge in [-0.2, -0.15) is 0 Å². The monoisotopic (exact) mass is 452 g/mol. The Balaban J connectivity index is 1.53. The highest BCUT2D eigenvalue weighted by Gasteiger charge is 2.13. The van der Waals surface area contributed by atoms with Gasteiger partial charge in [-0.15, -0.1) is 10.2 Å². The Hall–Kier alpha value is -2.42. The maximum absolute atomic E-state index is 12.2. The van der Waals surface area contributed by atoms with E-state index in [1.807, 2.05) is 31.3 Å². The number of hydrogen-bond donors (Lipinski definition) is 1. The molecule has 0 aliphatic heterocycles. The summed E-state index contributed by atoms with van der Waals surface area (Å²) in [5, 5.41) is 12.3. The molecule has 1 aromatic heterocycles. The van der Waals surface area contributed by atoms with E-state index in [0.717, 1.165) is 5.75 Å². The van der Waals surface area contributed by atoms with Gasteiger partial charge in [0, 0.05) is 7.05 Å². The topological polar surface area (TPSA) is 78.3 Å². The fourth-order valence-corrected chi connectivity index (χ4v) is 3.41. The van der Waals surface area contributed by atoms with Gasteiger partial charge in [0.25, 0.3) is 0 Å². The van der Waals surface area contributed by atoms with Crippen LogP contribution in [0.2, 0.25) is 10.0 Å². The molecule has 29 heavy (non-hydrogen) atoms. The van der Waals surface area contributed by atoms with E-state index in [2.05, 4.69) is 15.5 Å². The van der Waals surface area contributed by atoms with Gasteiger partial charge in [-0.1, -0.05) is 41.0 Å². The number of hydrogen-bond acceptors (Lipinski definition) is 6. The molecular formula is C19H18Cl2N4O3S. The third-order valence-corrected chi connectivity index (χ3v) is 5.75. The highest BCUT2D eigenvalue weighted by atomic mass is 35.5. The summed E-state index contributed by atoms with van der Waals surface area (Å²) in [7, 11) is 3.43. The minimum absolute atomic E-state index is 0.147. The zero-order valence-electron chi connectivity index (χ0n) is 15.7. The molecular weight excluding hydrogens is 435 g/mol. The van der Waals surface area contributed by atoms with Gasteiger partial charge in [0.05, 0.1) is 28.6 Å². The van der Waals surface area contributed by atoms with Crippen LogP contribution in [0.4, 0.5) is 5.69 Å². The summed E-state index contributed by atoms with van der Waals surface area (Å²) in [6.45, 7) is 0.251. The first-order valence-corrected chi connectivity index (χ1v) is 10.2. The molecule has 0 fully saturated rings. The smallest absolute Gasteiger partial charge is 0.234 e. The fourth-order valence-electron chi connectivity index (χ4n) is 2.33. The van der Waals surface area contributed by atoms with E-state index in [1.54, 1.807) is 29.9 Å². The number of halogens is 2. The van der Waals surface area contributed by atoms with E-state index in [0.29, 0.717) is 32.5 Å². The van der Waals surface area contributed by atoms with E-state index in [9.17, 15) is 4.79 Å². The van der Waals surface area contributed by atoms with Gasteiger partial charge < -0.3 is 19.4 Å². The van der Waals surface area contributed by atoms with E-state index < -0.39 is 0 Å². The summed E-state index contributed by atoms with van der Waals surface area (Å²) in [4.78, 5) is 12.2. The van der Waals surface area contributed by atoms with Gasteiger partial charge in [0.15, 0.2) is 11.0 Å². The van der Waals surface area contributed by atoms with Gasteiger partial charge in [0.1, 0.15) is 18.1 Å². The largest absolute Gasteiger partial charge is 0.497 e. The lowest BCUT2D eigenvalue weighted by Gasteiger charge is -2.08. The van der Waals surface area contributed by atoms with Crippen LogP contribution in [0.1, 0.15) is 5.82 Å². The first kappa shape index (κ1) is 21.3. The van der Waals surface area contributed by atoms with E-state index in [-0.39, 0.29) is 18.3 Å². The Bertz CT molecular complexity index is 996. The number of methoxy groups -OCH3 is 1. The lowest BCUT2D eigenvalue weighted by molar-refractivity contribution is -0.113. The molecule has 0 spiro atoms. The fraction of sp³-hybridized carbons (Fsp3) is 0.211. The van der Waals surface area contributed by atoms with Crippen LogP contribution < -0.4 is 14.8 Å². The molecule has 2 aromatic carbocycles. The molecule has 3 aromatic rings. The Kier molecular flexibility index (Phi) is 7.24. The Morgan fingerprint density at radius 1 is 1.14 bits per heavy atom. The van der Waals surface area contributed by atoms with Crippen LogP contribution in [0.25, 0.3) is 0 Å². The zero-order chi connectivity index (χ0) is 20.8. The summed E-state index contributed by atoms with van der Waals surface area (Å²) in [6.07, 6.45) is 0. The number of anilines is 1. The summed E-state index contributed by atoms with van der Waals surface area (Å²) in [6, 6.07) is 12.3. The van der Waals surface area contributed by atoms with Crippen molar-refractivity contribution in [3.63, 3.8) is 0 Å². The summed E-state index contributed by atoms with van der Waals surface area (Å²) >= 11 is 13.3. The Morgan fingerprint density at radius 2 is 1.86 bits per heavy atom. The molecule has 0 saturated heterocycles. The molecule has 0 saturated carbocycles. The van der Waals surface area contributed by atoms with Crippen LogP contribution in [0, 0.1) is 0 Å². The molecule has 1 heterocycles. The second-order valence-electron chi connectivity index (χ2n) is 5.86. The van der Waals surface area contributed by atoms with Crippen LogP contribution in [0.15, 0.2) is 47.6 Å². The predicted octanol–water partition coefficient (Wildman–Crippen LogP) is 4.44. The highest BCUT2D eigenvalue weighted by molar-refractivity contribution is 7.99. The number of nitrogens with one attached hydrogen (secondary N) is 1. The molecule has 0 aliphatic carbocycles. The Morgan fingerprint density at radius 3 is 2.59 bits per heavy atom. The molecule has 1 N–H and O–H groups in total. The maximum atomic E-state index is 12.2. The number of aromatic nitrogens is 3. The van der Waals surface area contributed by atoms with Crippen molar-refractivity contribution in [2.75, 3.05) is 18.2 Å². The lowest BCUT2D eigenvalue weighted by Crippen LogP contribution is -2.15. The van der Waals surface area contributed by atoms with E-state index in [4.69, 9.17) is 32.7 Å². The number of carbonyl (C=O) groups is 1. The predicted molar refractivity (Wildman–Crippen MR) is 114 cm³/mol. The van der Waals surface area contributed by atoms with Crippen molar-refractivity contribution in [1.29, 1.82) is 0 Å². The number of benzene rings is 2. The first-order valence-electron chi connectivity index (χ1n) is 8.49. The molecule has 0 bridgehead atoms. The molecule has 3 rings (SSSR count). The third-order valence-electron chi connectivity index (χ3n) is 3.91. The molecule has 152 valence electrons. The van der Waals surface area contributed by atoms with Crippen molar-refractivity contribution in [1.82, 2.24) is 14.8 Å². The SMILES string of the molecule is COc1ccc(OCc2nnc(SCC(=O)Nc3cccc(Cl)c3Cl)n2C)cc1. The lowest BCUT2D eigenvalue weighted by atomic mass is 10.3. The average Bonchev–Trinajstić information content (AvgIpc) is 3.08. The second-order valence-corrected chi connectivity index (χ2v) is 7.59. The van der Waals surface area contributed by atoms with E-state index in [1.165, 1.54) is 11.8 Å². The van der Waals surface area contributed by atoms with Gasteiger partial charge in [-0.05, 0) is 36.4 Å². The average molecular weight is 453 g/mol. The van der Waals surface area contributed by atoms with Crippen molar-refractivity contribution >= 4 is 46.6 Å². The van der Waals surface area contributed by atoms with Gasteiger partial charge in [0.2, 0.25) is 5.91 Å². The van der Waals surface area contributed by atoms with Crippen molar-refractivity contribution < 1.29 is 14.3 Å². The summed E-state index contributed by atoms with van der Waals surface area (Å²) in [5.74, 6) is 2.02. The van der Waals surface area contributed by atoms with Gasteiger partial charge in [-0.25, -0.2) is 0 Å². The standard InChI is InChI=1S/C19H18Cl2N4O3S/c1-25-16(10-28-13-8-6-12(27-2)7-9-13)23-24-19(25)29-11-17(26)22-15-5-3-4-14(20)18(15)21/h3-9H,10-11H2,1-2H3,(H,22,26). The van der Waals surface area contributed by atoms with Crippen molar-refractivity contribution in [3.8, 4) is 11.5 Å². The third kappa shape index (κ3) is 5.56. The number of amides is 1. The second kappa shape index (κ2) is 9.87. The van der Waals surface area contributed by atoms with Crippen molar-refractivity contribution in [3.05, 3.63) is 58.3 Å². The summed E-state index contributed by atoms with van der Waals surface area (Å²) < 4.78 is 12.6. The van der Waals surface area contributed by atoms with Crippen LogP contribution in [0.5, 0.6) is 11.5 Å². The zero-order valence-corrected chi connectivity index (χ0v) is 18.0. The van der Waals surface area contributed by atoms with Crippen LogP contribution in [0.3, 0.4) is 0 Å². The molecule has 1 amide bonds. The molecule has 0 aliphatic rings. The van der Waals surface area contributed by atoms with Crippen LogP contribution >= 0.6 is 35.0 Å². The normalized spacial score (nSPS) is 10.6. The quantitative estimate of drug-likeness (QED) is 0.508. The molecule has 7 nitrogen and oxygen atoms in total. The van der Waals surface area contributed by atoms with Crippen LogP contribution in [-0.2, 0) is 18.4 Å². The molecule has 0 atom stereocenters. The van der Waals surface area contributed by atoms with Crippen LogP contribution in [-0.4, -0.2) is 33.5 Å². The number of thioether (sulfide) groups is 1. The minimum atomic E-state index is -0.224.